The van der Waals surface area contributed by atoms with Crippen molar-refractivity contribution in [1.29, 1.82) is 0 Å². The highest BCUT2D eigenvalue weighted by Crippen LogP contribution is 2.36. The molecule has 2 rings (SSSR count). The summed E-state index contributed by atoms with van der Waals surface area (Å²) in [7, 11) is 0. The summed E-state index contributed by atoms with van der Waals surface area (Å²) in [5.74, 6) is -1.79. The Labute approximate surface area is 134 Å². The lowest BCUT2D eigenvalue weighted by molar-refractivity contribution is -0.148. The summed E-state index contributed by atoms with van der Waals surface area (Å²) in [6.45, 7) is 5.73. The molecule has 0 saturated heterocycles. The summed E-state index contributed by atoms with van der Waals surface area (Å²) >= 11 is 0. The summed E-state index contributed by atoms with van der Waals surface area (Å²) in [5.41, 5.74) is 0.253. The van der Waals surface area contributed by atoms with Crippen molar-refractivity contribution in [3.05, 3.63) is 23.8 Å². The van der Waals surface area contributed by atoms with E-state index in [-0.39, 0.29) is 25.4 Å². The maximum Gasteiger partial charge on any atom is 0.411 e. The van der Waals surface area contributed by atoms with Crippen LogP contribution in [0.1, 0.15) is 20.8 Å². The highest BCUT2D eigenvalue weighted by atomic mass is 16.6. The summed E-state index contributed by atoms with van der Waals surface area (Å²) in [6.07, 6.45) is 4.41. The molecule has 0 aliphatic carbocycles. The Bertz CT molecular complexity index is 553. The molecule has 0 N–H and O–H groups in total. The molecule has 0 aromatic carbocycles. The largest absolute Gasteiger partial charge is 0.465 e. The zero-order valence-electron chi connectivity index (χ0n) is 13.5. The van der Waals surface area contributed by atoms with Gasteiger partial charge in [-0.1, -0.05) is 18.2 Å². The third-order valence-corrected chi connectivity index (χ3v) is 3.71. The Morgan fingerprint density at radius 2 is 1.65 bits per heavy atom. The van der Waals surface area contributed by atoms with Crippen LogP contribution in [-0.2, 0) is 23.8 Å². The number of carbonyl (C=O) groups excluding carboxylic acids is 3. The average molecular weight is 323 g/mol. The first kappa shape index (κ1) is 17.1. The number of amides is 1. The van der Waals surface area contributed by atoms with Crippen molar-refractivity contribution in [2.45, 2.75) is 32.9 Å². The van der Waals surface area contributed by atoms with Gasteiger partial charge in [-0.15, -0.1) is 0 Å². The molecule has 0 saturated carbocycles. The number of esters is 2. The van der Waals surface area contributed by atoms with Crippen LogP contribution in [0.5, 0.6) is 0 Å². The van der Waals surface area contributed by atoms with Crippen molar-refractivity contribution in [2.75, 3.05) is 19.8 Å². The molecule has 2 aliphatic heterocycles. The van der Waals surface area contributed by atoms with Crippen molar-refractivity contribution in [2.24, 2.45) is 5.92 Å². The number of nitrogens with zero attached hydrogens (tertiary/aromatic N) is 1. The lowest BCUT2D eigenvalue weighted by Crippen LogP contribution is -2.52. The Morgan fingerprint density at radius 1 is 1.00 bits per heavy atom. The maximum atomic E-state index is 12.2. The van der Waals surface area contributed by atoms with Gasteiger partial charge in [0.05, 0.1) is 43.4 Å². The van der Waals surface area contributed by atoms with E-state index in [0.29, 0.717) is 0 Å². The summed E-state index contributed by atoms with van der Waals surface area (Å²) in [6, 6.07) is -1.10. The molecule has 0 aromatic heterocycles. The third kappa shape index (κ3) is 3.23. The fraction of sp³-hybridized carbons (Fsp3) is 0.562. The molecule has 126 valence electrons. The molecular weight excluding hydrogens is 302 g/mol. The van der Waals surface area contributed by atoms with Crippen LogP contribution < -0.4 is 0 Å². The molecule has 0 aromatic rings. The zero-order chi connectivity index (χ0) is 17.0. The van der Waals surface area contributed by atoms with Gasteiger partial charge in [0.2, 0.25) is 0 Å². The number of carbonyl (C=O) groups is 3. The smallest absolute Gasteiger partial charge is 0.411 e. The Hall–Kier alpha value is -2.31. The first-order valence-corrected chi connectivity index (χ1v) is 7.73. The zero-order valence-corrected chi connectivity index (χ0v) is 13.5. The molecule has 7 nitrogen and oxygen atoms in total. The van der Waals surface area contributed by atoms with Crippen LogP contribution in [0.25, 0.3) is 0 Å². The summed E-state index contributed by atoms with van der Waals surface area (Å²) in [5, 5.41) is 0. The Morgan fingerprint density at radius 3 is 2.26 bits per heavy atom. The third-order valence-electron chi connectivity index (χ3n) is 3.71. The molecule has 2 bridgehead atoms. The number of ether oxygens (including phenoxy) is 3. The first-order chi connectivity index (χ1) is 11.0. The predicted octanol–water partition coefficient (Wildman–Crippen LogP) is 1.43. The molecule has 1 amide bonds. The van der Waals surface area contributed by atoms with E-state index in [4.69, 9.17) is 14.2 Å². The van der Waals surface area contributed by atoms with Gasteiger partial charge in [-0.3, -0.25) is 9.69 Å². The second-order valence-electron chi connectivity index (χ2n) is 5.05. The van der Waals surface area contributed by atoms with E-state index >= 15 is 0 Å². The van der Waals surface area contributed by atoms with E-state index in [9.17, 15) is 14.4 Å². The van der Waals surface area contributed by atoms with Crippen molar-refractivity contribution in [3.63, 3.8) is 0 Å². The molecule has 3 atom stereocenters. The van der Waals surface area contributed by atoms with E-state index < -0.39 is 36.0 Å². The fourth-order valence-corrected chi connectivity index (χ4v) is 2.81. The van der Waals surface area contributed by atoms with Crippen LogP contribution in [0.15, 0.2) is 23.8 Å². The molecule has 0 radical (unpaired) electrons. The average Bonchev–Trinajstić information content (AvgIpc) is 2.84. The molecule has 2 heterocycles. The monoisotopic (exact) mass is 323 g/mol. The van der Waals surface area contributed by atoms with Crippen LogP contribution in [-0.4, -0.2) is 54.8 Å². The van der Waals surface area contributed by atoms with Gasteiger partial charge in [0, 0.05) is 0 Å². The first-order valence-electron chi connectivity index (χ1n) is 7.73. The fourth-order valence-electron chi connectivity index (χ4n) is 2.81. The van der Waals surface area contributed by atoms with Gasteiger partial charge in [0.15, 0.2) is 0 Å². The molecule has 0 unspecified atom stereocenters. The minimum absolute atomic E-state index is 0.206. The molecule has 23 heavy (non-hydrogen) atoms. The maximum absolute atomic E-state index is 12.2. The standard InChI is InChI=1S/C16H21NO6/c1-4-21-14(18)10-9-11(15(19)22-5-2)13-8-7-12(10)17(13)16(20)23-6-3/h7-10,12-13H,4-6H2,1-3H3/t10-,12-,13+/m0/s1. The quantitative estimate of drug-likeness (QED) is 0.432. The van der Waals surface area contributed by atoms with E-state index in [2.05, 4.69) is 0 Å². The highest BCUT2D eigenvalue weighted by Gasteiger charge is 2.48. The molecule has 7 heteroatoms. The number of rotatable bonds is 5. The van der Waals surface area contributed by atoms with E-state index in [1.807, 2.05) is 0 Å². The number of hydrogen-bond acceptors (Lipinski definition) is 6. The number of fused-ring (bicyclic) bond motifs is 2. The van der Waals surface area contributed by atoms with Crippen molar-refractivity contribution < 1.29 is 28.6 Å². The topological polar surface area (TPSA) is 82.1 Å². The van der Waals surface area contributed by atoms with Gasteiger partial charge >= 0.3 is 18.0 Å². The van der Waals surface area contributed by atoms with Crippen LogP contribution in [0.4, 0.5) is 4.79 Å². The Kier molecular flexibility index (Phi) is 5.41. The van der Waals surface area contributed by atoms with Gasteiger partial charge < -0.3 is 14.2 Å². The normalized spacial score (nSPS) is 24.9. The summed E-state index contributed by atoms with van der Waals surface area (Å²) < 4.78 is 15.1. The number of hydrogen-bond donors (Lipinski definition) is 0. The van der Waals surface area contributed by atoms with Crippen LogP contribution in [0.3, 0.4) is 0 Å². The van der Waals surface area contributed by atoms with Gasteiger partial charge in [-0.25, -0.2) is 9.59 Å². The molecule has 2 aliphatic rings. The molecule has 0 spiro atoms. The van der Waals surface area contributed by atoms with Crippen molar-refractivity contribution >= 4 is 18.0 Å². The lowest BCUT2D eigenvalue weighted by atomic mass is 9.91. The molecule has 0 fully saturated rings. The van der Waals surface area contributed by atoms with Gasteiger partial charge in [-0.2, -0.15) is 0 Å². The van der Waals surface area contributed by atoms with Gasteiger partial charge in [0.25, 0.3) is 0 Å². The van der Waals surface area contributed by atoms with E-state index in [1.165, 1.54) is 4.90 Å². The minimum Gasteiger partial charge on any atom is -0.465 e. The van der Waals surface area contributed by atoms with Gasteiger partial charge in [0.1, 0.15) is 0 Å². The SMILES string of the molecule is CCOC(=O)C1=C[C@H](C(=O)OCC)[C@@H]2C=C[C@H]1N2C(=O)OCC. The van der Waals surface area contributed by atoms with Crippen LogP contribution in [0, 0.1) is 5.92 Å². The van der Waals surface area contributed by atoms with Crippen molar-refractivity contribution in [3.8, 4) is 0 Å². The second-order valence-corrected chi connectivity index (χ2v) is 5.05. The van der Waals surface area contributed by atoms with E-state index in [1.54, 1.807) is 39.0 Å². The van der Waals surface area contributed by atoms with E-state index in [0.717, 1.165) is 0 Å². The van der Waals surface area contributed by atoms with Crippen molar-refractivity contribution in [1.82, 2.24) is 4.90 Å². The molecular formula is C16H21NO6. The van der Waals surface area contributed by atoms with Crippen LogP contribution in [0.2, 0.25) is 0 Å². The van der Waals surface area contributed by atoms with Gasteiger partial charge in [-0.05, 0) is 20.8 Å². The van der Waals surface area contributed by atoms with Crippen LogP contribution >= 0.6 is 0 Å². The minimum atomic E-state index is -0.756. The second kappa shape index (κ2) is 7.30. The Balaban J connectivity index is 2.37. The summed E-state index contributed by atoms with van der Waals surface area (Å²) in [4.78, 5) is 38.0. The lowest BCUT2D eigenvalue weighted by Gasteiger charge is -2.36. The highest BCUT2D eigenvalue weighted by molar-refractivity contribution is 5.94. The predicted molar refractivity (Wildman–Crippen MR) is 80.4 cm³/mol.